The van der Waals surface area contributed by atoms with Gasteiger partial charge in [0.2, 0.25) is 5.91 Å². The Bertz CT molecular complexity index is 1560. The lowest BCUT2D eigenvalue weighted by atomic mass is 10.0. The molecule has 3 unspecified atom stereocenters. The number of phosphoric ester groups is 1. The number of phosphoric acid groups is 1. The molecule has 0 saturated heterocycles. The third-order valence-electron chi connectivity index (χ3n) is 13.8. The number of nitrogens with one attached hydrogen (secondary N) is 1. The molecule has 0 aliphatic heterocycles. The summed E-state index contributed by atoms with van der Waals surface area (Å²) in [6.45, 7) is 4.52. The number of carbonyl (C=O) groups is 1. The molecule has 9 heteroatoms. The number of amides is 1. The smallest absolute Gasteiger partial charge is 0.268 e. The Morgan fingerprint density at radius 3 is 1.22 bits per heavy atom. The van der Waals surface area contributed by atoms with E-state index < -0.39 is 26.6 Å². The standard InChI is InChI=1S/C67H121N2O6P/c1-6-8-10-12-14-16-18-20-22-24-26-28-30-32-34-36-38-40-42-44-46-48-50-52-54-56-58-60-66(70)65(64-75-76(72,73)74-63-62-69(3,4)5)68-67(71)61-59-57-55-53-51-49-47-45-43-41-39-37-35-33-31-29-27-25-23-21-19-17-15-13-11-9-7-2/h9,11,15,17,21,23,27,29,33,35,39,41,50,52,58,60,65-66,70H,6-8,10,12-14,16,18-20,22,24-26,28,30-32,34,36-38,40,42-49,51,53-57,59,61-64H2,1-5H3,(H-,68,71,72,73)/b11-9-,17-15-,23-21-,29-27-,35-33-,41-39-,52-50+,60-58+. The van der Waals surface area contributed by atoms with Gasteiger partial charge in [-0.3, -0.25) is 9.36 Å². The SMILES string of the molecule is CC/C=C\C/C=C\C/C=C\C/C=C\C/C=C\C/C=C\CCCCCCCCCCC(=O)NC(COP(=O)([O-])OCC[N+](C)(C)C)C(O)/C=C/CC/C=C/CCCCCCCCCCCCCCCCCCCCCCC. The molecule has 0 aromatic rings. The Morgan fingerprint density at radius 1 is 0.474 bits per heavy atom. The average molecular weight is 1080 g/mol. The predicted molar refractivity (Wildman–Crippen MR) is 329 cm³/mol. The normalized spacial score (nSPS) is 14.5. The highest BCUT2D eigenvalue weighted by Crippen LogP contribution is 2.38. The van der Waals surface area contributed by atoms with Crippen LogP contribution in [-0.4, -0.2) is 68.5 Å². The molecule has 0 bridgehead atoms. The van der Waals surface area contributed by atoms with Gasteiger partial charge in [0.05, 0.1) is 39.9 Å². The first-order valence-electron chi connectivity index (χ1n) is 31.6. The molecule has 0 saturated carbocycles. The first-order valence-corrected chi connectivity index (χ1v) is 33.1. The third-order valence-corrected chi connectivity index (χ3v) is 14.7. The number of aliphatic hydroxyl groups excluding tert-OH is 1. The number of likely N-dealkylation sites (N-methyl/N-ethyl adjacent to an activating group) is 1. The van der Waals surface area contributed by atoms with Crippen LogP contribution in [0.25, 0.3) is 0 Å². The number of carbonyl (C=O) groups excluding carboxylic acids is 1. The second-order valence-corrected chi connectivity index (χ2v) is 23.8. The van der Waals surface area contributed by atoms with Crippen LogP contribution in [0.5, 0.6) is 0 Å². The van der Waals surface area contributed by atoms with Crippen LogP contribution < -0.4 is 10.2 Å². The van der Waals surface area contributed by atoms with Crippen molar-refractivity contribution in [2.45, 2.75) is 283 Å². The third kappa shape index (κ3) is 59.1. The summed E-state index contributed by atoms with van der Waals surface area (Å²) in [6.07, 6.45) is 82.2. The zero-order valence-corrected chi connectivity index (χ0v) is 51.1. The molecule has 8 nitrogen and oxygen atoms in total. The van der Waals surface area contributed by atoms with Crippen molar-refractivity contribution in [1.82, 2.24) is 5.32 Å². The molecule has 0 aliphatic carbocycles. The maximum absolute atomic E-state index is 13.0. The maximum atomic E-state index is 13.0. The molecule has 440 valence electrons. The molecule has 1 amide bonds. The number of unbranched alkanes of at least 4 members (excludes halogenated alkanes) is 30. The van der Waals surface area contributed by atoms with Crippen molar-refractivity contribution < 1.29 is 32.9 Å². The first-order chi connectivity index (χ1) is 37.0. The van der Waals surface area contributed by atoms with Crippen molar-refractivity contribution in [2.75, 3.05) is 40.9 Å². The number of aliphatic hydroxyl groups is 1. The van der Waals surface area contributed by atoms with E-state index in [9.17, 15) is 19.4 Å². The number of hydrogen-bond donors (Lipinski definition) is 2. The number of quaternary nitrogens is 1. The van der Waals surface area contributed by atoms with Crippen LogP contribution in [0.1, 0.15) is 271 Å². The molecule has 0 aromatic carbocycles. The summed E-state index contributed by atoms with van der Waals surface area (Å²) >= 11 is 0. The zero-order chi connectivity index (χ0) is 55.6. The number of allylic oxidation sites excluding steroid dienone is 15. The minimum absolute atomic E-state index is 0.0127. The largest absolute Gasteiger partial charge is 0.756 e. The van der Waals surface area contributed by atoms with E-state index in [0.29, 0.717) is 17.4 Å². The Morgan fingerprint density at radius 2 is 0.816 bits per heavy atom. The second-order valence-electron chi connectivity index (χ2n) is 22.4. The van der Waals surface area contributed by atoms with Crippen LogP contribution in [-0.2, 0) is 18.4 Å². The topological polar surface area (TPSA) is 108 Å². The number of hydrogen-bond acceptors (Lipinski definition) is 6. The van der Waals surface area contributed by atoms with Crippen LogP contribution in [0.2, 0.25) is 0 Å². The Balaban J connectivity index is 4.24. The van der Waals surface area contributed by atoms with Crippen molar-refractivity contribution >= 4 is 13.7 Å². The Kier molecular flexibility index (Phi) is 55.2. The zero-order valence-electron chi connectivity index (χ0n) is 50.2. The summed E-state index contributed by atoms with van der Waals surface area (Å²) in [5.41, 5.74) is 0. The van der Waals surface area contributed by atoms with E-state index in [2.05, 4.69) is 104 Å². The second kappa shape index (κ2) is 57.1. The van der Waals surface area contributed by atoms with Gasteiger partial charge in [-0.05, 0) is 83.5 Å². The van der Waals surface area contributed by atoms with E-state index in [1.165, 1.54) is 161 Å². The minimum Gasteiger partial charge on any atom is -0.756 e. The molecule has 2 N–H and O–H groups in total. The van der Waals surface area contributed by atoms with Gasteiger partial charge in [0.15, 0.2) is 0 Å². The fourth-order valence-electron chi connectivity index (χ4n) is 8.88. The van der Waals surface area contributed by atoms with Gasteiger partial charge in [0, 0.05) is 6.42 Å². The number of rotatable bonds is 57. The van der Waals surface area contributed by atoms with Gasteiger partial charge >= 0.3 is 0 Å². The van der Waals surface area contributed by atoms with Crippen molar-refractivity contribution in [1.29, 1.82) is 0 Å². The highest BCUT2D eigenvalue weighted by atomic mass is 31.2. The van der Waals surface area contributed by atoms with Crippen molar-refractivity contribution in [2.24, 2.45) is 0 Å². The lowest BCUT2D eigenvalue weighted by molar-refractivity contribution is -0.870. The van der Waals surface area contributed by atoms with E-state index in [1.807, 2.05) is 27.2 Å². The van der Waals surface area contributed by atoms with Crippen LogP contribution in [0.15, 0.2) is 97.2 Å². The van der Waals surface area contributed by atoms with Crippen molar-refractivity contribution in [3.63, 3.8) is 0 Å². The molecule has 0 aromatic heterocycles. The van der Waals surface area contributed by atoms with Gasteiger partial charge in [-0.25, -0.2) is 0 Å². The summed E-state index contributed by atoms with van der Waals surface area (Å²) in [7, 11) is 1.23. The fourth-order valence-corrected chi connectivity index (χ4v) is 9.60. The quantitative estimate of drug-likeness (QED) is 0.0272. The summed E-state index contributed by atoms with van der Waals surface area (Å²) < 4.78 is 23.4. The molecule has 3 atom stereocenters. The lowest BCUT2D eigenvalue weighted by Gasteiger charge is -2.29. The number of nitrogens with zero attached hydrogens (tertiary/aromatic N) is 1. The maximum Gasteiger partial charge on any atom is 0.268 e. The van der Waals surface area contributed by atoms with Gasteiger partial charge in [-0.1, -0.05) is 278 Å². The highest BCUT2D eigenvalue weighted by molar-refractivity contribution is 7.45. The van der Waals surface area contributed by atoms with Gasteiger partial charge in [0.1, 0.15) is 13.2 Å². The average Bonchev–Trinajstić information content (AvgIpc) is 3.38. The van der Waals surface area contributed by atoms with E-state index in [0.717, 1.165) is 89.9 Å². The minimum atomic E-state index is -4.62. The lowest BCUT2D eigenvalue weighted by Crippen LogP contribution is -2.45. The summed E-state index contributed by atoms with van der Waals surface area (Å²) in [5.74, 6) is -0.217. The molecule has 0 radical (unpaired) electrons. The molecular weight excluding hydrogens is 960 g/mol. The molecule has 76 heavy (non-hydrogen) atoms. The Labute approximate surface area is 470 Å². The van der Waals surface area contributed by atoms with Gasteiger partial charge in [-0.15, -0.1) is 0 Å². The van der Waals surface area contributed by atoms with E-state index >= 15 is 0 Å². The van der Waals surface area contributed by atoms with E-state index in [4.69, 9.17) is 9.05 Å². The molecule has 0 rings (SSSR count). The fraction of sp³-hybridized carbons (Fsp3) is 0.746. The van der Waals surface area contributed by atoms with E-state index in [1.54, 1.807) is 6.08 Å². The predicted octanol–water partition coefficient (Wildman–Crippen LogP) is 19.1. The van der Waals surface area contributed by atoms with Crippen LogP contribution in [0.4, 0.5) is 0 Å². The monoisotopic (exact) mass is 1080 g/mol. The highest BCUT2D eigenvalue weighted by Gasteiger charge is 2.23. The van der Waals surface area contributed by atoms with Gasteiger partial charge < -0.3 is 28.8 Å². The van der Waals surface area contributed by atoms with Crippen LogP contribution >= 0.6 is 7.82 Å². The molecule has 0 spiro atoms. The molecule has 0 fully saturated rings. The van der Waals surface area contributed by atoms with Crippen LogP contribution in [0.3, 0.4) is 0 Å². The molecule has 0 aliphatic rings. The molecule has 0 heterocycles. The Hall–Kier alpha value is -2.58. The first kappa shape index (κ1) is 73.4. The molecular formula is C67H121N2O6P. The van der Waals surface area contributed by atoms with Crippen molar-refractivity contribution in [3.8, 4) is 0 Å². The van der Waals surface area contributed by atoms with Crippen molar-refractivity contribution in [3.05, 3.63) is 97.2 Å². The van der Waals surface area contributed by atoms with Crippen LogP contribution in [0, 0.1) is 0 Å². The van der Waals surface area contributed by atoms with Gasteiger partial charge in [0.25, 0.3) is 7.82 Å². The summed E-state index contributed by atoms with van der Waals surface area (Å²) in [6, 6.07) is -0.916. The van der Waals surface area contributed by atoms with Gasteiger partial charge in [-0.2, -0.15) is 0 Å². The summed E-state index contributed by atoms with van der Waals surface area (Å²) in [5, 5.41) is 13.9. The van der Waals surface area contributed by atoms with E-state index in [-0.39, 0.29) is 12.5 Å². The summed E-state index contributed by atoms with van der Waals surface area (Å²) in [4.78, 5) is 25.6.